The summed E-state index contributed by atoms with van der Waals surface area (Å²) < 4.78 is 10.4. The van der Waals surface area contributed by atoms with Crippen molar-refractivity contribution >= 4 is 29.0 Å². The van der Waals surface area contributed by atoms with E-state index in [-0.39, 0.29) is 11.1 Å². The highest BCUT2D eigenvalue weighted by Gasteiger charge is 2.36. The smallest absolute Gasteiger partial charge is 0.294 e. The van der Waals surface area contributed by atoms with Gasteiger partial charge in [-0.1, -0.05) is 0 Å². The van der Waals surface area contributed by atoms with Crippen molar-refractivity contribution in [1.82, 2.24) is 9.80 Å². The summed E-state index contributed by atoms with van der Waals surface area (Å²) in [7, 11) is 0. The molecular weight excluding hydrogens is 280 g/mol. The monoisotopic (exact) mass is 294 g/mol. The molecule has 2 fully saturated rings. The molecule has 20 heavy (non-hydrogen) atoms. The molecule has 0 saturated carbocycles. The summed E-state index contributed by atoms with van der Waals surface area (Å²) in [4.78, 5) is 27.9. The van der Waals surface area contributed by atoms with Crippen LogP contribution in [-0.4, -0.2) is 53.9 Å². The standard InChI is InChI=1S/C13H14N2O4S/c16-12-11(8-10-2-1-5-19-10)20-13(17)15(12)9-14-3-6-18-7-4-14/h1-2,5,8H,3-4,6-7,9H2/b11-8-. The molecule has 2 amide bonds. The van der Waals surface area contributed by atoms with Crippen LogP contribution >= 0.6 is 11.8 Å². The predicted octanol–water partition coefficient (Wildman–Crippen LogP) is 1.61. The van der Waals surface area contributed by atoms with Gasteiger partial charge in [0.25, 0.3) is 11.1 Å². The second-order valence-corrected chi connectivity index (χ2v) is 5.49. The Bertz CT molecular complexity index is 535. The lowest BCUT2D eigenvalue weighted by Crippen LogP contribution is -2.45. The molecule has 106 valence electrons. The molecule has 3 heterocycles. The first kappa shape index (κ1) is 13.4. The third-order valence-corrected chi connectivity index (χ3v) is 4.04. The van der Waals surface area contributed by atoms with Crippen molar-refractivity contribution in [3.8, 4) is 0 Å². The number of thioether (sulfide) groups is 1. The van der Waals surface area contributed by atoms with Crippen molar-refractivity contribution in [3.63, 3.8) is 0 Å². The molecule has 2 saturated heterocycles. The molecule has 3 rings (SSSR count). The van der Waals surface area contributed by atoms with E-state index in [2.05, 4.69) is 0 Å². The summed E-state index contributed by atoms with van der Waals surface area (Å²) in [6, 6.07) is 3.49. The molecule has 0 N–H and O–H groups in total. The molecule has 0 atom stereocenters. The predicted molar refractivity (Wildman–Crippen MR) is 73.8 cm³/mol. The Hall–Kier alpha value is -1.57. The number of imide groups is 1. The highest BCUT2D eigenvalue weighted by molar-refractivity contribution is 8.18. The summed E-state index contributed by atoms with van der Waals surface area (Å²) in [6.45, 7) is 3.07. The Balaban J connectivity index is 1.70. The van der Waals surface area contributed by atoms with Gasteiger partial charge in [-0.15, -0.1) is 0 Å². The molecule has 0 spiro atoms. The van der Waals surface area contributed by atoms with Crippen molar-refractivity contribution in [2.24, 2.45) is 0 Å². The van der Waals surface area contributed by atoms with E-state index in [9.17, 15) is 9.59 Å². The minimum absolute atomic E-state index is 0.237. The molecule has 2 aliphatic rings. The van der Waals surface area contributed by atoms with Crippen LogP contribution in [0.5, 0.6) is 0 Å². The van der Waals surface area contributed by atoms with E-state index in [4.69, 9.17) is 9.15 Å². The molecule has 2 aliphatic heterocycles. The summed E-state index contributed by atoms with van der Waals surface area (Å²) in [5.74, 6) is 0.310. The molecular formula is C13H14N2O4S. The Morgan fingerprint density at radius 1 is 1.30 bits per heavy atom. The molecule has 0 aliphatic carbocycles. The van der Waals surface area contributed by atoms with Crippen LogP contribution in [-0.2, 0) is 9.53 Å². The van der Waals surface area contributed by atoms with Crippen LogP contribution < -0.4 is 0 Å². The highest BCUT2D eigenvalue weighted by atomic mass is 32.2. The maximum atomic E-state index is 12.2. The average molecular weight is 294 g/mol. The third-order valence-electron chi connectivity index (χ3n) is 3.14. The van der Waals surface area contributed by atoms with E-state index in [0.717, 1.165) is 24.9 Å². The fourth-order valence-electron chi connectivity index (χ4n) is 2.07. The number of carbonyl (C=O) groups excluding carboxylic acids is 2. The average Bonchev–Trinajstić information content (AvgIpc) is 3.05. The SMILES string of the molecule is O=C1S/C(=C\c2ccco2)C(=O)N1CN1CCOCC1. The maximum absolute atomic E-state index is 12.2. The van der Waals surface area contributed by atoms with E-state index in [0.29, 0.717) is 30.5 Å². The van der Waals surface area contributed by atoms with E-state index < -0.39 is 0 Å². The second kappa shape index (κ2) is 5.82. The van der Waals surface area contributed by atoms with Gasteiger partial charge in [0, 0.05) is 19.2 Å². The largest absolute Gasteiger partial charge is 0.465 e. The number of amides is 2. The van der Waals surface area contributed by atoms with Gasteiger partial charge in [-0.3, -0.25) is 19.4 Å². The number of morpholine rings is 1. The maximum Gasteiger partial charge on any atom is 0.294 e. The zero-order valence-electron chi connectivity index (χ0n) is 10.8. The number of hydrogen-bond acceptors (Lipinski definition) is 6. The van der Waals surface area contributed by atoms with Gasteiger partial charge in [-0.05, 0) is 23.9 Å². The van der Waals surface area contributed by atoms with Crippen molar-refractivity contribution in [3.05, 3.63) is 29.1 Å². The molecule has 0 aromatic carbocycles. The molecule has 1 aromatic rings. The molecule has 1 aromatic heterocycles. The summed E-state index contributed by atoms with van der Waals surface area (Å²) in [6.07, 6.45) is 3.13. The Labute approximate surface area is 120 Å². The summed E-state index contributed by atoms with van der Waals surface area (Å²) in [5, 5.41) is -0.237. The number of ether oxygens (including phenoxy) is 1. The van der Waals surface area contributed by atoms with Crippen LogP contribution in [0, 0.1) is 0 Å². The number of nitrogens with zero attached hydrogens (tertiary/aromatic N) is 2. The minimum Gasteiger partial charge on any atom is -0.465 e. The van der Waals surface area contributed by atoms with Crippen molar-refractivity contribution in [1.29, 1.82) is 0 Å². The van der Waals surface area contributed by atoms with Gasteiger partial charge in [-0.25, -0.2) is 0 Å². The minimum atomic E-state index is -0.261. The highest BCUT2D eigenvalue weighted by Crippen LogP contribution is 2.32. The molecule has 0 radical (unpaired) electrons. The van der Waals surface area contributed by atoms with E-state index >= 15 is 0 Å². The van der Waals surface area contributed by atoms with Crippen LogP contribution in [0.4, 0.5) is 4.79 Å². The van der Waals surface area contributed by atoms with Crippen LogP contribution in [0.1, 0.15) is 5.76 Å². The van der Waals surface area contributed by atoms with E-state index in [1.54, 1.807) is 18.2 Å². The van der Waals surface area contributed by atoms with Crippen LogP contribution in [0.2, 0.25) is 0 Å². The van der Waals surface area contributed by atoms with Crippen LogP contribution in [0.25, 0.3) is 6.08 Å². The quantitative estimate of drug-likeness (QED) is 0.789. The first-order valence-corrected chi connectivity index (χ1v) is 7.14. The van der Waals surface area contributed by atoms with Gasteiger partial charge in [0.05, 0.1) is 31.1 Å². The zero-order chi connectivity index (χ0) is 13.9. The number of rotatable bonds is 3. The van der Waals surface area contributed by atoms with Crippen LogP contribution in [0.3, 0.4) is 0 Å². The first-order chi connectivity index (χ1) is 9.74. The second-order valence-electron chi connectivity index (χ2n) is 4.50. The zero-order valence-corrected chi connectivity index (χ0v) is 11.6. The third kappa shape index (κ3) is 2.79. The van der Waals surface area contributed by atoms with Gasteiger partial charge in [0.15, 0.2) is 0 Å². The lowest BCUT2D eigenvalue weighted by Gasteiger charge is -2.29. The van der Waals surface area contributed by atoms with Crippen molar-refractivity contribution < 1.29 is 18.7 Å². The fourth-order valence-corrected chi connectivity index (χ4v) is 2.88. The molecule has 7 heteroatoms. The molecule has 0 bridgehead atoms. The van der Waals surface area contributed by atoms with Gasteiger partial charge in [0.1, 0.15) is 5.76 Å². The van der Waals surface area contributed by atoms with Gasteiger partial charge in [-0.2, -0.15) is 0 Å². The van der Waals surface area contributed by atoms with E-state index in [1.165, 1.54) is 11.2 Å². The van der Waals surface area contributed by atoms with Crippen molar-refractivity contribution in [2.45, 2.75) is 0 Å². The van der Waals surface area contributed by atoms with Crippen molar-refractivity contribution in [2.75, 3.05) is 33.0 Å². The summed E-state index contributed by atoms with van der Waals surface area (Å²) >= 11 is 0.949. The summed E-state index contributed by atoms with van der Waals surface area (Å²) in [5.41, 5.74) is 0. The van der Waals surface area contributed by atoms with E-state index in [1.807, 2.05) is 4.90 Å². The van der Waals surface area contributed by atoms with Gasteiger partial charge < -0.3 is 9.15 Å². The number of carbonyl (C=O) groups is 2. The topological polar surface area (TPSA) is 63.0 Å². The fraction of sp³-hybridized carbons (Fsp3) is 0.385. The number of hydrogen-bond donors (Lipinski definition) is 0. The molecule has 6 nitrogen and oxygen atoms in total. The first-order valence-electron chi connectivity index (χ1n) is 6.33. The lowest BCUT2D eigenvalue weighted by molar-refractivity contribution is -0.125. The van der Waals surface area contributed by atoms with Gasteiger partial charge in [0.2, 0.25) is 0 Å². The van der Waals surface area contributed by atoms with Gasteiger partial charge >= 0.3 is 0 Å². The Morgan fingerprint density at radius 3 is 2.80 bits per heavy atom. The Kier molecular flexibility index (Phi) is 3.90. The normalized spacial score (nSPS) is 23.0. The molecule has 0 unspecified atom stereocenters. The lowest BCUT2D eigenvalue weighted by atomic mass is 10.3. The number of furan rings is 1. The Morgan fingerprint density at radius 2 is 2.10 bits per heavy atom. The van der Waals surface area contributed by atoms with Crippen LogP contribution in [0.15, 0.2) is 27.7 Å².